The number of hydrogen-bond donors (Lipinski definition) is 1. The number of nitrogens with one attached hydrogen (secondary N) is 1. The molecule has 1 N–H and O–H groups in total. The molecular weight excluding hydrogens is 392 g/mol. The summed E-state index contributed by atoms with van der Waals surface area (Å²) < 4.78 is 6.81. The SMILES string of the molecule is Cc1cccc(C(CNC(=O)Cc2nn(C)c(=O)c3ccccc23)N2CCOCC2)c1. The molecule has 31 heavy (non-hydrogen) atoms. The molecule has 4 rings (SSSR count). The van der Waals surface area contributed by atoms with Crippen LogP contribution in [0.5, 0.6) is 0 Å². The summed E-state index contributed by atoms with van der Waals surface area (Å²) in [5.74, 6) is -0.109. The second kappa shape index (κ2) is 9.41. The highest BCUT2D eigenvalue weighted by atomic mass is 16.5. The number of aryl methyl sites for hydroxylation is 2. The fraction of sp³-hybridized carbons (Fsp3) is 0.375. The molecule has 1 aliphatic rings. The van der Waals surface area contributed by atoms with Crippen molar-refractivity contribution < 1.29 is 9.53 Å². The van der Waals surface area contributed by atoms with Crippen molar-refractivity contribution in [1.82, 2.24) is 20.0 Å². The maximum Gasteiger partial charge on any atom is 0.274 e. The van der Waals surface area contributed by atoms with Gasteiger partial charge in [0.2, 0.25) is 5.91 Å². The lowest BCUT2D eigenvalue weighted by Gasteiger charge is -2.35. The number of amides is 1. The Morgan fingerprint density at radius 1 is 1.13 bits per heavy atom. The highest BCUT2D eigenvalue weighted by Gasteiger charge is 2.23. The van der Waals surface area contributed by atoms with Crippen LogP contribution in [0, 0.1) is 6.92 Å². The van der Waals surface area contributed by atoms with Crippen LogP contribution in [0.3, 0.4) is 0 Å². The van der Waals surface area contributed by atoms with E-state index >= 15 is 0 Å². The summed E-state index contributed by atoms with van der Waals surface area (Å²) in [4.78, 5) is 27.5. The third-order valence-corrected chi connectivity index (χ3v) is 5.77. The first-order chi connectivity index (χ1) is 15.0. The number of rotatable bonds is 6. The minimum atomic E-state index is -0.161. The zero-order valence-electron chi connectivity index (χ0n) is 18.0. The monoisotopic (exact) mass is 420 g/mol. The van der Waals surface area contributed by atoms with E-state index in [9.17, 15) is 9.59 Å². The smallest absolute Gasteiger partial charge is 0.274 e. The Morgan fingerprint density at radius 2 is 1.87 bits per heavy atom. The van der Waals surface area contributed by atoms with E-state index in [2.05, 4.69) is 46.5 Å². The molecule has 2 heterocycles. The molecule has 0 radical (unpaired) electrons. The van der Waals surface area contributed by atoms with Crippen molar-refractivity contribution in [2.75, 3.05) is 32.8 Å². The zero-order chi connectivity index (χ0) is 21.8. The predicted octanol–water partition coefficient (Wildman–Crippen LogP) is 1.97. The Kier molecular flexibility index (Phi) is 6.44. The molecule has 0 bridgehead atoms. The standard InChI is InChI=1S/C24H28N4O3/c1-17-6-5-7-18(14-17)22(28-10-12-31-13-11-28)16-25-23(29)15-21-19-8-3-4-9-20(19)24(30)27(2)26-21/h3-9,14,22H,10-13,15-16H2,1-2H3,(H,25,29). The van der Waals surface area contributed by atoms with Crippen molar-refractivity contribution in [3.63, 3.8) is 0 Å². The summed E-state index contributed by atoms with van der Waals surface area (Å²) in [5.41, 5.74) is 2.83. The second-order valence-electron chi connectivity index (χ2n) is 7.98. The minimum Gasteiger partial charge on any atom is -0.379 e. The van der Waals surface area contributed by atoms with Gasteiger partial charge >= 0.3 is 0 Å². The Morgan fingerprint density at radius 3 is 2.61 bits per heavy atom. The minimum absolute atomic E-state index is 0.0811. The van der Waals surface area contributed by atoms with E-state index in [0.717, 1.165) is 18.5 Å². The molecule has 7 nitrogen and oxygen atoms in total. The number of morpholine rings is 1. The molecule has 1 atom stereocenters. The number of benzene rings is 2. The maximum atomic E-state index is 12.9. The van der Waals surface area contributed by atoms with Crippen LogP contribution in [-0.4, -0.2) is 53.4 Å². The van der Waals surface area contributed by atoms with Crippen molar-refractivity contribution in [2.24, 2.45) is 7.05 Å². The first kappa shape index (κ1) is 21.2. The van der Waals surface area contributed by atoms with E-state index in [-0.39, 0.29) is 23.9 Å². The molecule has 3 aromatic rings. The van der Waals surface area contributed by atoms with Crippen LogP contribution >= 0.6 is 0 Å². The molecular formula is C24H28N4O3. The fourth-order valence-corrected chi connectivity index (χ4v) is 4.16. The van der Waals surface area contributed by atoms with E-state index in [1.165, 1.54) is 15.8 Å². The van der Waals surface area contributed by atoms with Crippen molar-refractivity contribution in [3.8, 4) is 0 Å². The van der Waals surface area contributed by atoms with Crippen LogP contribution in [0.4, 0.5) is 0 Å². The number of carbonyl (C=O) groups is 1. The van der Waals surface area contributed by atoms with Gasteiger partial charge in [-0.1, -0.05) is 48.0 Å². The Hall–Kier alpha value is -3.03. The van der Waals surface area contributed by atoms with Crippen LogP contribution in [-0.2, 0) is 23.0 Å². The lowest BCUT2D eigenvalue weighted by atomic mass is 10.0. The van der Waals surface area contributed by atoms with Gasteiger partial charge in [-0.15, -0.1) is 0 Å². The molecule has 1 unspecified atom stereocenters. The quantitative estimate of drug-likeness (QED) is 0.660. The van der Waals surface area contributed by atoms with Gasteiger partial charge in [-0.25, -0.2) is 4.68 Å². The average molecular weight is 421 g/mol. The van der Waals surface area contributed by atoms with Gasteiger partial charge in [0.15, 0.2) is 0 Å². The molecule has 7 heteroatoms. The summed E-state index contributed by atoms with van der Waals surface area (Å²) in [6, 6.07) is 15.8. The van der Waals surface area contributed by atoms with Crippen molar-refractivity contribution >= 4 is 16.7 Å². The van der Waals surface area contributed by atoms with Crippen LogP contribution in [0.25, 0.3) is 10.8 Å². The summed E-state index contributed by atoms with van der Waals surface area (Å²) >= 11 is 0. The Bertz CT molecular complexity index is 1140. The Labute approximate surface area is 181 Å². The highest BCUT2D eigenvalue weighted by Crippen LogP contribution is 2.22. The maximum absolute atomic E-state index is 12.9. The average Bonchev–Trinajstić information content (AvgIpc) is 2.78. The van der Waals surface area contributed by atoms with E-state index in [4.69, 9.17) is 4.74 Å². The van der Waals surface area contributed by atoms with Crippen molar-refractivity contribution in [2.45, 2.75) is 19.4 Å². The van der Waals surface area contributed by atoms with Crippen LogP contribution in [0.1, 0.15) is 22.9 Å². The first-order valence-corrected chi connectivity index (χ1v) is 10.6. The second-order valence-corrected chi connectivity index (χ2v) is 7.98. The van der Waals surface area contributed by atoms with Crippen LogP contribution in [0.15, 0.2) is 53.3 Å². The molecule has 1 aliphatic heterocycles. The highest BCUT2D eigenvalue weighted by molar-refractivity contribution is 5.88. The van der Waals surface area contributed by atoms with E-state index in [1.807, 2.05) is 18.2 Å². The largest absolute Gasteiger partial charge is 0.379 e. The normalized spacial score (nSPS) is 15.7. The number of ether oxygens (including phenoxy) is 1. The van der Waals surface area contributed by atoms with Gasteiger partial charge in [0.1, 0.15) is 0 Å². The van der Waals surface area contributed by atoms with Gasteiger partial charge in [0.05, 0.1) is 36.8 Å². The van der Waals surface area contributed by atoms with E-state index < -0.39 is 0 Å². The van der Waals surface area contributed by atoms with Crippen LogP contribution in [0.2, 0.25) is 0 Å². The van der Waals surface area contributed by atoms with Gasteiger partial charge in [0, 0.05) is 32.1 Å². The van der Waals surface area contributed by atoms with Crippen molar-refractivity contribution in [3.05, 3.63) is 75.7 Å². The number of carbonyl (C=O) groups excluding carboxylic acids is 1. The van der Waals surface area contributed by atoms with Gasteiger partial charge < -0.3 is 10.1 Å². The third kappa shape index (κ3) is 4.84. The first-order valence-electron chi connectivity index (χ1n) is 10.6. The third-order valence-electron chi connectivity index (χ3n) is 5.77. The molecule has 162 valence electrons. The molecule has 1 saturated heterocycles. The van der Waals surface area contributed by atoms with Gasteiger partial charge in [-0.3, -0.25) is 14.5 Å². The van der Waals surface area contributed by atoms with Crippen molar-refractivity contribution in [1.29, 1.82) is 0 Å². The van der Waals surface area contributed by atoms with E-state index in [0.29, 0.717) is 30.8 Å². The summed E-state index contributed by atoms with van der Waals surface area (Å²) in [6.07, 6.45) is 0.123. The lowest BCUT2D eigenvalue weighted by molar-refractivity contribution is -0.120. The number of nitrogens with zero attached hydrogens (tertiary/aromatic N) is 3. The zero-order valence-corrected chi connectivity index (χ0v) is 18.0. The van der Waals surface area contributed by atoms with Crippen LogP contribution < -0.4 is 10.9 Å². The molecule has 0 aliphatic carbocycles. The summed E-state index contributed by atoms with van der Waals surface area (Å²) in [5, 5.41) is 8.74. The topological polar surface area (TPSA) is 76.5 Å². The summed E-state index contributed by atoms with van der Waals surface area (Å²) in [7, 11) is 1.61. The fourth-order valence-electron chi connectivity index (χ4n) is 4.16. The number of fused-ring (bicyclic) bond motifs is 1. The molecule has 1 fully saturated rings. The molecule has 1 amide bonds. The number of aromatic nitrogens is 2. The summed E-state index contributed by atoms with van der Waals surface area (Å²) in [6.45, 7) is 5.65. The number of hydrogen-bond acceptors (Lipinski definition) is 5. The van der Waals surface area contributed by atoms with E-state index in [1.54, 1.807) is 13.1 Å². The Balaban J connectivity index is 1.51. The molecule has 0 saturated carbocycles. The van der Waals surface area contributed by atoms with Gasteiger partial charge in [-0.05, 0) is 18.6 Å². The molecule has 0 spiro atoms. The lowest BCUT2D eigenvalue weighted by Crippen LogP contribution is -2.44. The van der Waals surface area contributed by atoms with Gasteiger partial charge in [-0.2, -0.15) is 5.10 Å². The molecule has 1 aromatic heterocycles. The molecule has 2 aromatic carbocycles. The van der Waals surface area contributed by atoms with Gasteiger partial charge in [0.25, 0.3) is 5.56 Å². The predicted molar refractivity (Wildman–Crippen MR) is 120 cm³/mol.